The third-order valence-corrected chi connectivity index (χ3v) is 3.68. The Morgan fingerprint density at radius 2 is 2.07 bits per heavy atom. The van der Waals surface area contributed by atoms with Crippen molar-refractivity contribution in [1.82, 2.24) is 0 Å². The van der Waals surface area contributed by atoms with Crippen molar-refractivity contribution in [1.29, 1.82) is 0 Å². The van der Waals surface area contributed by atoms with Crippen LogP contribution < -0.4 is 0 Å². The lowest BCUT2D eigenvalue weighted by molar-refractivity contribution is -0.152. The third-order valence-electron chi connectivity index (χ3n) is 3.68. The Labute approximate surface area is 91.1 Å². The van der Waals surface area contributed by atoms with Gasteiger partial charge in [-0.15, -0.1) is 0 Å². The molecule has 1 saturated carbocycles. The standard InChI is InChI=1S/C12H20O3/c1-14-12(6-8-15-9-7-12)11(13)5-4-10-2-3-10/h10H,2-9H2,1H3. The fourth-order valence-corrected chi connectivity index (χ4v) is 2.27. The molecular formula is C12H20O3. The fourth-order valence-electron chi connectivity index (χ4n) is 2.27. The van der Waals surface area contributed by atoms with E-state index < -0.39 is 5.60 Å². The molecule has 1 saturated heterocycles. The number of Topliss-reactive ketones (excluding diaryl/α,β-unsaturated/α-hetero) is 1. The van der Waals surface area contributed by atoms with Crippen LogP contribution in [0.5, 0.6) is 0 Å². The first-order valence-electron chi connectivity index (χ1n) is 5.93. The van der Waals surface area contributed by atoms with Crippen molar-refractivity contribution >= 4 is 5.78 Å². The maximum atomic E-state index is 12.1. The van der Waals surface area contributed by atoms with Crippen LogP contribution in [0.3, 0.4) is 0 Å². The summed E-state index contributed by atoms with van der Waals surface area (Å²) in [6.45, 7) is 1.31. The molecule has 0 N–H and O–H groups in total. The molecule has 0 atom stereocenters. The maximum absolute atomic E-state index is 12.1. The number of rotatable bonds is 5. The van der Waals surface area contributed by atoms with E-state index >= 15 is 0 Å². The molecule has 0 aromatic rings. The van der Waals surface area contributed by atoms with Gasteiger partial charge in [0, 0.05) is 39.6 Å². The van der Waals surface area contributed by atoms with Crippen LogP contribution in [0.25, 0.3) is 0 Å². The van der Waals surface area contributed by atoms with Crippen molar-refractivity contribution in [2.75, 3.05) is 20.3 Å². The molecule has 15 heavy (non-hydrogen) atoms. The quantitative estimate of drug-likeness (QED) is 0.698. The highest BCUT2D eigenvalue weighted by Crippen LogP contribution is 2.35. The van der Waals surface area contributed by atoms with Crippen LogP contribution in [-0.2, 0) is 14.3 Å². The third kappa shape index (κ3) is 2.58. The van der Waals surface area contributed by atoms with Gasteiger partial charge >= 0.3 is 0 Å². The minimum absolute atomic E-state index is 0.292. The van der Waals surface area contributed by atoms with Crippen LogP contribution in [0.4, 0.5) is 0 Å². The highest BCUT2D eigenvalue weighted by atomic mass is 16.5. The van der Waals surface area contributed by atoms with Gasteiger partial charge in [-0.3, -0.25) is 4.79 Å². The van der Waals surface area contributed by atoms with E-state index in [1.807, 2.05) is 0 Å². The largest absolute Gasteiger partial charge is 0.381 e. The van der Waals surface area contributed by atoms with E-state index in [1.165, 1.54) is 12.8 Å². The Balaban J connectivity index is 1.87. The van der Waals surface area contributed by atoms with Crippen LogP contribution in [-0.4, -0.2) is 31.7 Å². The first-order chi connectivity index (χ1) is 7.27. The number of hydrogen-bond donors (Lipinski definition) is 0. The number of carbonyl (C=O) groups is 1. The van der Waals surface area contributed by atoms with Gasteiger partial charge in [-0.25, -0.2) is 0 Å². The van der Waals surface area contributed by atoms with Crippen LogP contribution >= 0.6 is 0 Å². The summed E-state index contributed by atoms with van der Waals surface area (Å²) in [5, 5.41) is 0. The van der Waals surface area contributed by atoms with E-state index in [9.17, 15) is 4.79 Å². The lowest BCUT2D eigenvalue weighted by atomic mass is 9.86. The molecule has 3 nitrogen and oxygen atoms in total. The molecule has 2 rings (SSSR count). The van der Waals surface area contributed by atoms with E-state index in [2.05, 4.69) is 0 Å². The van der Waals surface area contributed by atoms with Gasteiger partial charge in [-0.2, -0.15) is 0 Å². The minimum Gasteiger partial charge on any atom is -0.381 e. The van der Waals surface area contributed by atoms with Gasteiger partial charge in [0.2, 0.25) is 0 Å². The molecule has 0 spiro atoms. The Morgan fingerprint density at radius 3 is 2.60 bits per heavy atom. The number of hydrogen-bond acceptors (Lipinski definition) is 3. The molecule has 0 bridgehead atoms. The van der Waals surface area contributed by atoms with Crippen molar-refractivity contribution in [2.24, 2.45) is 5.92 Å². The average molecular weight is 212 g/mol. The van der Waals surface area contributed by atoms with Gasteiger partial charge < -0.3 is 9.47 Å². The van der Waals surface area contributed by atoms with Gasteiger partial charge in [0.15, 0.2) is 5.78 Å². The maximum Gasteiger partial charge on any atom is 0.164 e. The Bertz CT molecular complexity index is 227. The lowest BCUT2D eigenvalue weighted by Gasteiger charge is -2.34. The summed E-state index contributed by atoms with van der Waals surface area (Å²) >= 11 is 0. The normalized spacial score (nSPS) is 25.1. The zero-order chi connectivity index (χ0) is 10.7. The van der Waals surface area contributed by atoms with Crippen molar-refractivity contribution in [3.8, 4) is 0 Å². The van der Waals surface area contributed by atoms with Gasteiger partial charge in [-0.05, 0) is 12.3 Å². The van der Waals surface area contributed by atoms with Crippen molar-refractivity contribution in [2.45, 2.75) is 44.1 Å². The second-order valence-corrected chi connectivity index (χ2v) is 4.72. The van der Waals surface area contributed by atoms with E-state index in [1.54, 1.807) is 7.11 Å². The van der Waals surface area contributed by atoms with Gasteiger partial charge in [0.25, 0.3) is 0 Å². The van der Waals surface area contributed by atoms with Crippen molar-refractivity contribution < 1.29 is 14.3 Å². The van der Waals surface area contributed by atoms with Gasteiger partial charge in [-0.1, -0.05) is 12.8 Å². The first kappa shape index (κ1) is 11.1. The summed E-state index contributed by atoms with van der Waals surface area (Å²) in [6, 6.07) is 0. The van der Waals surface area contributed by atoms with Crippen LogP contribution in [0, 0.1) is 5.92 Å². The second-order valence-electron chi connectivity index (χ2n) is 4.72. The van der Waals surface area contributed by atoms with Crippen LogP contribution in [0.15, 0.2) is 0 Å². The molecule has 0 aromatic heterocycles. The number of ether oxygens (including phenoxy) is 2. The molecule has 1 aliphatic heterocycles. The topological polar surface area (TPSA) is 35.5 Å². The van der Waals surface area contributed by atoms with E-state index in [0.29, 0.717) is 25.4 Å². The van der Waals surface area contributed by atoms with Crippen LogP contribution in [0.1, 0.15) is 38.5 Å². The number of ketones is 1. The Morgan fingerprint density at radius 1 is 1.40 bits per heavy atom. The first-order valence-corrected chi connectivity index (χ1v) is 5.93. The summed E-state index contributed by atoms with van der Waals surface area (Å²) in [5.41, 5.74) is -0.521. The summed E-state index contributed by atoms with van der Waals surface area (Å²) in [6.07, 6.45) is 5.84. The van der Waals surface area contributed by atoms with Crippen LogP contribution in [0.2, 0.25) is 0 Å². The molecule has 2 aliphatic rings. The predicted molar refractivity (Wildman–Crippen MR) is 56.8 cm³/mol. The summed E-state index contributed by atoms with van der Waals surface area (Å²) in [5.74, 6) is 1.11. The summed E-state index contributed by atoms with van der Waals surface area (Å²) < 4.78 is 10.7. The molecule has 1 heterocycles. The second kappa shape index (κ2) is 4.62. The van der Waals surface area contributed by atoms with Gasteiger partial charge in [0.1, 0.15) is 5.60 Å². The minimum atomic E-state index is -0.521. The molecule has 1 aliphatic carbocycles. The molecular weight excluding hydrogens is 192 g/mol. The lowest BCUT2D eigenvalue weighted by Crippen LogP contribution is -2.45. The summed E-state index contributed by atoms with van der Waals surface area (Å²) in [7, 11) is 1.65. The predicted octanol–water partition coefficient (Wildman–Crippen LogP) is 1.94. The molecule has 0 aromatic carbocycles. The van der Waals surface area contributed by atoms with E-state index in [-0.39, 0.29) is 0 Å². The fraction of sp³-hybridized carbons (Fsp3) is 0.917. The van der Waals surface area contributed by atoms with Gasteiger partial charge in [0.05, 0.1) is 0 Å². The molecule has 0 amide bonds. The molecule has 0 radical (unpaired) electrons. The Kier molecular flexibility index (Phi) is 3.42. The van der Waals surface area contributed by atoms with Crippen molar-refractivity contribution in [3.05, 3.63) is 0 Å². The SMILES string of the molecule is COC1(C(=O)CCC2CC2)CCOCC1. The number of carbonyl (C=O) groups excluding carboxylic acids is 1. The van der Waals surface area contributed by atoms with E-state index in [4.69, 9.17) is 9.47 Å². The molecule has 0 unspecified atom stereocenters. The molecule has 2 fully saturated rings. The number of methoxy groups -OCH3 is 1. The smallest absolute Gasteiger partial charge is 0.164 e. The van der Waals surface area contributed by atoms with Crippen molar-refractivity contribution in [3.63, 3.8) is 0 Å². The average Bonchev–Trinajstić information content (AvgIpc) is 3.10. The van der Waals surface area contributed by atoms with E-state index in [0.717, 1.165) is 25.2 Å². The molecule has 86 valence electrons. The highest BCUT2D eigenvalue weighted by molar-refractivity contribution is 5.87. The zero-order valence-corrected chi connectivity index (χ0v) is 9.46. The Hall–Kier alpha value is -0.410. The highest BCUT2D eigenvalue weighted by Gasteiger charge is 2.39. The monoisotopic (exact) mass is 212 g/mol. The molecule has 3 heteroatoms. The zero-order valence-electron chi connectivity index (χ0n) is 9.46. The summed E-state index contributed by atoms with van der Waals surface area (Å²) in [4.78, 5) is 12.1.